The zero-order valence-electron chi connectivity index (χ0n) is 11.6. The molecule has 5 nitrogen and oxygen atoms in total. The number of hydrogen-bond acceptors (Lipinski definition) is 4. The highest BCUT2D eigenvalue weighted by Crippen LogP contribution is 2.22. The molecule has 1 heterocycles. The summed E-state index contributed by atoms with van der Waals surface area (Å²) in [4.78, 5) is 25.7. The summed E-state index contributed by atoms with van der Waals surface area (Å²) >= 11 is 3.11. The average molecular weight is 352 g/mol. The molecule has 21 heavy (non-hydrogen) atoms. The minimum Gasteiger partial charge on any atom is -0.442 e. The van der Waals surface area contributed by atoms with Crippen LogP contribution in [-0.4, -0.2) is 30.9 Å². The fourth-order valence-corrected chi connectivity index (χ4v) is 2.02. The van der Waals surface area contributed by atoms with Gasteiger partial charge in [-0.3, -0.25) is 4.79 Å². The number of amides is 1. The first-order valence-corrected chi connectivity index (χ1v) is 7.01. The Morgan fingerprint density at radius 2 is 1.81 bits per heavy atom. The van der Waals surface area contributed by atoms with Crippen LogP contribution in [0.2, 0.25) is 0 Å². The van der Waals surface area contributed by atoms with Crippen LogP contribution in [0.25, 0.3) is 0 Å². The maximum absolute atomic E-state index is 12.2. The van der Waals surface area contributed by atoms with Gasteiger partial charge in [0.05, 0.1) is 0 Å². The second-order valence-corrected chi connectivity index (χ2v) is 5.31. The number of halogens is 1. The van der Waals surface area contributed by atoms with Gasteiger partial charge in [-0.15, -0.1) is 0 Å². The Bertz CT molecular complexity index is 636. The molecule has 0 fully saturated rings. The summed E-state index contributed by atoms with van der Waals surface area (Å²) in [5, 5.41) is 0. The number of benzene rings is 1. The van der Waals surface area contributed by atoms with E-state index in [1.807, 2.05) is 6.07 Å². The predicted molar refractivity (Wildman–Crippen MR) is 79.7 cm³/mol. The number of carbonyl (C=O) groups excluding carboxylic acids is 2. The number of esters is 1. The van der Waals surface area contributed by atoms with Gasteiger partial charge in [-0.05, 0) is 28.1 Å². The molecule has 0 aliphatic rings. The van der Waals surface area contributed by atoms with E-state index in [0.29, 0.717) is 10.2 Å². The third kappa shape index (κ3) is 3.72. The van der Waals surface area contributed by atoms with Gasteiger partial charge in [0.25, 0.3) is 5.91 Å². The van der Waals surface area contributed by atoms with Crippen LogP contribution in [-0.2, 0) is 9.53 Å². The fourth-order valence-electron chi connectivity index (χ4n) is 1.71. The predicted octanol–water partition coefficient (Wildman–Crippen LogP) is 3.03. The SMILES string of the molecule is CN(C)C(=O)[C@H](OC(=O)c1ccc(Br)o1)c1ccccc1. The molecule has 1 amide bonds. The van der Waals surface area contributed by atoms with Crippen LogP contribution >= 0.6 is 15.9 Å². The zero-order chi connectivity index (χ0) is 15.4. The van der Waals surface area contributed by atoms with E-state index in [1.54, 1.807) is 44.4 Å². The summed E-state index contributed by atoms with van der Waals surface area (Å²) in [6.07, 6.45) is -1.00. The van der Waals surface area contributed by atoms with Crippen molar-refractivity contribution in [1.29, 1.82) is 0 Å². The van der Waals surface area contributed by atoms with Crippen molar-refractivity contribution in [2.45, 2.75) is 6.10 Å². The normalized spacial score (nSPS) is 11.8. The minimum absolute atomic E-state index is 0.0364. The maximum atomic E-state index is 12.2. The number of hydrogen-bond donors (Lipinski definition) is 0. The van der Waals surface area contributed by atoms with Gasteiger partial charge in [-0.1, -0.05) is 30.3 Å². The van der Waals surface area contributed by atoms with Gasteiger partial charge in [0.15, 0.2) is 4.67 Å². The lowest BCUT2D eigenvalue weighted by molar-refractivity contribution is -0.138. The van der Waals surface area contributed by atoms with Crippen molar-refractivity contribution in [3.05, 3.63) is 58.5 Å². The molecule has 0 bridgehead atoms. The second kappa shape index (κ2) is 6.58. The van der Waals surface area contributed by atoms with Crippen LogP contribution in [0.1, 0.15) is 22.2 Å². The first-order chi connectivity index (χ1) is 9.99. The van der Waals surface area contributed by atoms with E-state index in [1.165, 1.54) is 11.0 Å². The highest BCUT2D eigenvalue weighted by atomic mass is 79.9. The molecule has 2 aromatic rings. The van der Waals surface area contributed by atoms with Crippen LogP contribution in [0.4, 0.5) is 0 Å². The molecule has 0 radical (unpaired) electrons. The summed E-state index contributed by atoms with van der Waals surface area (Å²) in [6, 6.07) is 11.9. The number of carbonyl (C=O) groups is 2. The Kier molecular flexibility index (Phi) is 4.80. The molecule has 1 atom stereocenters. The lowest BCUT2D eigenvalue weighted by atomic mass is 10.1. The lowest BCUT2D eigenvalue weighted by Crippen LogP contribution is -2.31. The van der Waals surface area contributed by atoms with Crippen molar-refractivity contribution >= 4 is 27.8 Å². The molecule has 2 rings (SSSR count). The molecule has 0 spiro atoms. The smallest absolute Gasteiger partial charge is 0.375 e. The van der Waals surface area contributed by atoms with Gasteiger partial charge in [0, 0.05) is 19.7 Å². The van der Waals surface area contributed by atoms with Crippen LogP contribution in [0.5, 0.6) is 0 Å². The van der Waals surface area contributed by atoms with Gasteiger partial charge in [0.1, 0.15) is 0 Å². The van der Waals surface area contributed by atoms with E-state index in [0.717, 1.165) is 0 Å². The number of nitrogens with zero attached hydrogens (tertiary/aromatic N) is 1. The van der Waals surface area contributed by atoms with Crippen molar-refractivity contribution in [2.75, 3.05) is 14.1 Å². The second-order valence-electron chi connectivity index (χ2n) is 4.53. The molecule has 0 aliphatic heterocycles. The molecular formula is C15H14BrNO4. The molecule has 0 saturated carbocycles. The molecule has 1 aromatic heterocycles. The molecule has 0 unspecified atom stereocenters. The van der Waals surface area contributed by atoms with Crippen LogP contribution in [0.15, 0.2) is 51.6 Å². The monoisotopic (exact) mass is 351 g/mol. The topological polar surface area (TPSA) is 59.8 Å². The van der Waals surface area contributed by atoms with Crippen LogP contribution < -0.4 is 0 Å². The number of likely N-dealkylation sites (N-methyl/N-ethyl adjacent to an activating group) is 1. The number of furan rings is 1. The van der Waals surface area contributed by atoms with E-state index in [4.69, 9.17) is 9.15 Å². The minimum atomic E-state index is -1.00. The van der Waals surface area contributed by atoms with Crippen molar-refractivity contribution in [3.8, 4) is 0 Å². The van der Waals surface area contributed by atoms with Crippen LogP contribution in [0, 0.1) is 0 Å². The Morgan fingerprint density at radius 1 is 1.14 bits per heavy atom. The Morgan fingerprint density at radius 3 is 2.33 bits per heavy atom. The first-order valence-electron chi connectivity index (χ1n) is 6.21. The third-order valence-corrected chi connectivity index (χ3v) is 3.19. The maximum Gasteiger partial charge on any atom is 0.375 e. The molecule has 1 aromatic carbocycles. The molecule has 0 N–H and O–H groups in total. The van der Waals surface area contributed by atoms with Gasteiger partial charge in [-0.2, -0.15) is 0 Å². The lowest BCUT2D eigenvalue weighted by Gasteiger charge is -2.20. The van der Waals surface area contributed by atoms with Gasteiger partial charge in [-0.25, -0.2) is 4.79 Å². The largest absolute Gasteiger partial charge is 0.442 e. The van der Waals surface area contributed by atoms with E-state index in [2.05, 4.69) is 15.9 Å². The molecule has 0 saturated heterocycles. The third-order valence-electron chi connectivity index (χ3n) is 2.77. The van der Waals surface area contributed by atoms with Crippen molar-refractivity contribution in [3.63, 3.8) is 0 Å². The highest BCUT2D eigenvalue weighted by molar-refractivity contribution is 9.10. The summed E-state index contributed by atoms with van der Waals surface area (Å²) in [5.74, 6) is -0.973. The Labute approximate surface area is 130 Å². The zero-order valence-corrected chi connectivity index (χ0v) is 13.2. The molecule has 6 heteroatoms. The van der Waals surface area contributed by atoms with Crippen LogP contribution in [0.3, 0.4) is 0 Å². The summed E-state index contributed by atoms with van der Waals surface area (Å²) in [7, 11) is 3.21. The van der Waals surface area contributed by atoms with E-state index >= 15 is 0 Å². The Hall–Kier alpha value is -2.08. The van der Waals surface area contributed by atoms with E-state index in [-0.39, 0.29) is 11.7 Å². The Balaban J connectivity index is 2.24. The van der Waals surface area contributed by atoms with Crippen molar-refractivity contribution < 1.29 is 18.7 Å². The van der Waals surface area contributed by atoms with Crippen molar-refractivity contribution in [1.82, 2.24) is 4.90 Å². The highest BCUT2D eigenvalue weighted by Gasteiger charge is 2.28. The van der Waals surface area contributed by atoms with E-state index < -0.39 is 12.1 Å². The number of rotatable bonds is 4. The first kappa shape index (κ1) is 15.3. The molecular weight excluding hydrogens is 338 g/mol. The molecule has 0 aliphatic carbocycles. The molecule has 110 valence electrons. The van der Waals surface area contributed by atoms with Crippen molar-refractivity contribution in [2.24, 2.45) is 0 Å². The van der Waals surface area contributed by atoms with Gasteiger partial charge in [0.2, 0.25) is 11.9 Å². The van der Waals surface area contributed by atoms with Gasteiger partial charge < -0.3 is 14.1 Å². The summed E-state index contributed by atoms with van der Waals surface area (Å²) in [6.45, 7) is 0. The summed E-state index contributed by atoms with van der Waals surface area (Å²) < 4.78 is 10.9. The fraction of sp³-hybridized carbons (Fsp3) is 0.200. The van der Waals surface area contributed by atoms with E-state index in [9.17, 15) is 9.59 Å². The quantitative estimate of drug-likeness (QED) is 0.794. The number of ether oxygens (including phenoxy) is 1. The van der Waals surface area contributed by atoms with Gasteiger partial charge >= 0.3 is 5.97 Å². The average Bonchev–Trinajstić information content (AvgIpc) is 2.91. The summed E-state index contributed by atoms with van der Waals surface area (Å²) in [5.41, 5.74) is 0.607. The standard InChI is InChI=1S/C15H14BrNO4/c1-17(2)14(18)13(10-6-4-3-5-7-10)21-15(19)11-8-9-12(16)20-11/h3-9,13H,1-2H3/t13-/m1/s1.